The summed E-state index contributed by atoms with van der Waals surface area (Å²) in [7, 11) is 1.51. The van der Waals surface area contributed by atoms with Gasteiger partial charge in [-0.25, -0.2) is 9.97 Å². The molecule has 0 radical (unpaired) electrons. The molecule has 1 amide bonds. The number of aromatic nitrogens is 2. The van der Waals surface area contributed by atoms with Gasteiger partial charge in [-0.15, -0.1) is 0 Å². The molecule has 28 heavy (non-hydrogen) atoms. The van der Waals surface area contributed by atoms with Crippen molar-refractivity contribution in [2.24, 2.45) is 0 Å². The zero-order valence-corrected chi connectivity index (χ0v) is 16.4. The Morgan fingerprint density at radius 2 is 1.86 bits per heavy atom. The maximum atomic E-state index is 12.6. The molecule has 0 spiro atoms. The van der Waals surface area contributed by atoms with Gasteiger partial charge in [0.2, 0.25) is 5.91 Å². The van der Waals surface area contributed by atoms with Crippen LogP contribution in [0.4, 0.5) is 0 Å². The molecule has 1 unspecified atom stereocenters. The van der Waals surface area contributed by atoms with Crippen LogP contribution in [0, 0.1) is 0 Å². The van der Waals surface area contributed by atoms with Crippen LogP contribution in [0.3, 0.4) is 0 Å². The van der Waals surface area contributed by atoms with Gasteiger partial charge in [0.15, 0.2) is 5.78 Å². The van der Waals surface area contributed by atoms with Crippen LogP contribution in [0.5, 0.6) is 11.8 Å². The number of ketones is 1. The molecule has 1 saturated heterocycles. The molecular formula is C20H22ClN3O4. The average Bonchev–Trinajstić information content (AvgIpc) is 2.73. The quantitative estimate of drug-likeness (QED) is 0.660. The van der Waals surface area contributed by atoms with Crippen molar-refractivity contribution in [1.29, 1.82) is 0 Å². The monoisotopic (exact) mass is 403 g/mol. The highest BCUT2D eigenvalue weighted by atomic mass is 35.5. The standard InChI is InChI=1S/C20H22ClN3O4/c1-27-19-20(23-11-10-22-19)28-16-3-2-12-24(13-16)18(26)9-8-17(25)14-4-6-15(21)7-5-14/h4-7,10-11,16H,2-3,8-9,12-13H2,1H3. The molecule has 1 atom stereocenters. The Balaban J connectivity index is 1.52. The molecule has 1 fully saturated rings. The van der Waals surface area contributed by atoms with E-state index in [2.05, 4.69) is 9.97 Å². The van der Waals surface area contributed by atoms with Crippen LogP contribution in [-0.4, -0.2) is 52.9 Å². The number of hydrogen-bond donors (Lipinski definition) is 0. The molecule has 2 aromatic rings. The SMILES string of the molecule is COc1nccnc1OC1CCCN(C(=O)CCC(=O)c2ccc(Cl)cc2)C1. The fourth-order valence-corrected chi connectivity index (χ4v) is 3.24. The van der Waals surface area contributed by atoms with E-state index in [-0.39, 0.29) is 30.6 Å². The normalized spacial score (nSPS) is 16.5. The summed E-state index contributed by atoms with van der Waals surface area (Å²) in [5.41, 5.74) is 0.562. The molecule has 1 aromatic carbocycles. The van der Waals surface area contributed by atoms with Crippen molar-refractivity contribution in [3.63, 3.8) is 0 Å². The lowest BCUT2D eigenvalue weighted by molar-refractivity contribution is -0.133. The van der Waals surface area contributed by atoms with Gasteiger partial charge in [0.05, 0.1) is 13.7 Å². The number of rotatable bonds is 7. The van der Waals surface area contributed by atoms with E-state index in [1.165, 1.54) is 19.5 Å². The van der Waals surface area contributed by atoms with Gasteiger partial charge >= 0.3 is 0 Å². The van der Waals surface area contributed by atoms with Gasteiger partial charge < -0.3 is 14.4 Å². The van der Waals surface area contributed by atoms with E-state index in [0.29, 0.717) is 35.4 Å². The summed E-state index contributed by atoms with van der Waals surface area (Å²) in [5.74, 6) is 0.516. The number of benzene rings is 1. The van der Waals surface area contributed by atoms with Gasteiger partial charge in [0.25, 0.3) is 11.8 Å². The van der Waals surface area contributed by atoms with Gasteiger partial charge in [-0.1, -0.05) is 11.6 Å². The van der Waals surface area contributed by atoms with Crippen molar-refractivity contribution in [2.75, 3.05) is 20.2 Å². The Bertz CT molecular complexity index is 828. The lowest BCUT2D eigenvalue weighted by atomic mass is 10.0. The summed E-state index contributed by atoms with van der Waals surface area (Å²) in [6.45, 7) is 1.11. The van der Waals surface area contributed by atoms with Gasteiger partial charge in [0.1, 0.15) is 6.10 Å². The highest BCUT2D eigenvalue weighted by Gasteiger charge is 2.26. The lowest BCUT2D eigenvalue weighted by Crippen LogP contribution is -2.44. The predicted molar refractivity (Wildman–Crippen MR) is 104 cm³/mol. The van der Waals surface area contributed by atoms with Gasteiger partial charge in [-0.2, -0.15) is 0 Å². The summed E-state index contributed by atoms with van der Waals surface area (Å²) in [6, 6.07) is 6.69. The van der Waals surface area contributed by atoms with E-state index in [9.17, 15) is 9.59 Å². The number of methoxy groups -OCH3 is 1. The van der Waals surface area contributed by atoms with Crippen molar-refractivity contribution in [2.45, 2.75) is 31.8 Å². The minimum absolute atomic E-state index is 0.0540. The fraction of sp³-hybridized carbons (Fsp3) is 0.400. The molecule has 1 aromatic heterocycles. The van der Waals surface area contributed by atoms with Crippen LogP contribution >= 0.6 is 11.6 Å². The van der Waals surface area contributed by atoms with Crippen molar-refractivity contribution in [1.82, 2.24) is 14.9 Å². The maximum Gasteiger partial charge on any atom is 0.278 e. The van der Waals surface area contributed by atoms with Crippen LogP contribution in [0.25, 0.3) is 0 Å². The maximum absolute atomic E-state index is 12.6. The van der Waals surface area contributed by atoms with E-state index in [4.69, 9.17) is 21.1 Å². The molecule has 8 heteroatoms. The predicted octanol–water partition coefficient (Wildman–Crippen LogP) is 3.17. The molecule has 148 valence electrons. The second kappa shape index (κ2) is 9.50. The fourth-order valence-electron chi connectivity index (χ4n) is 3.11. The first kappa shape index (κ1) is 20.1. The van der Waals surface area contributed by atoms with Crippen LogP contribution in [-0.2, 0) is 4.79 Å². The molecule has 2 heterocycles. The summed E-state index contributed by atoms with van der Waals surface area (Å²) >= 11 is 5.84. The van der Waals surface area contributed by atoms with Gasteiger partial charge in [-0.3, -0.25) is 9.59 Å². The van der Waals surface area contributed by atoms with Gasteiger partial charge in [-0.05, 0) is 37.1 Å². The minimum atomic E-state index is -0.185. The lowest BCUT2D eigenvalue weighted by Gasteiger charge is -2.32. The number of piperidine rings is 1. The number of likely N-dealkylation sites (tertiary alicyclic amines) is 1. The largest absolute Gasteiger partial charge is 0.477 e. The number of carbonyl (C=O) groups is 2. The van der Waals surface area contributed by atoms with E-state index < -0.39 is 0 Å². The first-order chi connectivity index (χ1) is 13.6. The van der Waals surface area contributed by atoms with Crippen molar-refractivity contribution < 1.29 is 19.1 Å². The van der Waals surface area contributed by atoms with E-state index >= 15 is 0 Å². The van der Waals surface area contributed by atoms with Crippen molar-refractivity contribution in [3.8, 4) is 11.8 Å². The minimum Gasteiger partial charge on any atom is -0.477 e. The number of halogens is 1. The highest BCUT2D eigenvalue weighted by Crippen LogP contribution is 2.24. The average molecular weight is 404 g/mol. The van der Waals surface area contributed by atoms with Crippen molar-refractivity contribution >= 4 is 23.3 Å². The highest BCUT2D eigenvalue weighted by molar-refractivity contribution is 6.30. The number of carbonyl (C=O) groups excluding carboxylic acids is 2. The summed E-state index contributed by atoms with van der Waals surface area (Å²) in [4.78, 5) is 34.8. The third kappa shape index (κ3) is 5.19. The second-order valence-electron chi connectivity index (χ2n) is 6.52. The van der Waals surface area contributed by atoms with Gasteiger partial charge in [0, 0.05) is 42.4 Å². The van der Waals surface area contributed by atoms with E-state index in [1.807, 2.05) is 0 Å². The van der Waals surface area contributed by atoms with Crippen LogP contribution < -0.4 is 9.47 Å². The third-order valence-electron chi connectivity index (χ3n) is 4.57. The number of amides is 1. The van der Waals surface area contributed by atoms with E-state index in [0.717, 1.165) is 12.8 Å². The zero-order chi connectivity index (χ0) is 19.9. The van der Waals surface area contributed by atoms with Crippen molar-refractivity contribution in [3.05, 3.63) is 47.2 Å². The molecule has 7 nitrogen and oxygen atoms in total. The Morgan fingerprint density at radius 1 is 1.14 bits per heavy atom. The molecule has 0 aliphatic carbocycles. The molecule has 0 N–H and O–H groups in total. The Morgan fingerprint density at radius 3 is 2.57 bits per heavy atom. The van der Waals surface area contributed by atoms with Crippen LogP contribution in [0.1, 0.15) is 36.0 Å². The second-order valence-corrected chi connectivity index (χ2v) is 6.96. The Kier molecular flexibility index (Phi) is 6.81. The molecule has 0 saturated carbocycles. The number of nitrogens with zero attached hydrogens (tertiary/aromatic N) is 3. The molecular weight excluding hydrogens is 382 g/mol. The number of Topliss-reactive ketones (excluding diaryl/α,β-unsaturated/α-hetero) is 1. The van der Waals surface area contributed by atoms with Crippen LogP contribution in [0.15, 0.2) is 36.7 Å². The van der Waals surface area contributed by atoms with E-state index in [1.54, 1.807) is 29.2 Å². The molecule has 3 rings (SSSR count). The summed E-state index contributed by atoms with van der Waals surface area (Å²) in [6.07, 6.45) is 4.85. The topological polar surface area (TPSA) is 81.6 Å². The molecule has 1 aliphatic heterocycles. The molecule has 0 bridgehead atoms. The number of hydrogen-bond acceptors (Lipinski definition) is 6. The van der Waals surface area contributed by atoms with Crippen LogP contribution in [0.2, 0.25) is 5.02 Å². The molecule has 1 aliphatic rings. The summed E-state index contributed by atoms with van der Waals surface area (Å²) < 4.78 is 11.0. The Hall–Kier alpha value is -2.67. The smallest absolute Gasteiger partial charge is 0.278 e. The zero-order valence-electron chi connectivity index (χ0n) is 15.6. The number of ether oxygens (including phenoxy) is 2. The first-order valence-electron chi connectivity index (χ1n) is 9.15. The first-order valence-corrected chi connectivity index (χ1v) is 9.53. The third-order valence-corrected chi connectivity index (χ3v) is 4.82. The summed E-state index contributed by atoms with van der Waals surface area (Å²) in [5, 5.41) is 0.576. The Labute approximate surface area is 168 Å².